The van der Waals surface area contributed by atoms with E-state index in [4.69, 9.17) is 11.6 Å². The Bertz CT molecular complexity index is 1690. The van der Waals surface area contributed by atoms with E-state index in [-0.39, 0.29) is 42.0 Å². The molecule has 41 heavy (non-hydrogen) atoms. The van der Waals surface area contributed by atoms with Crippen molar-refractivity contribution >= 4 is 38.3 Å². The summed E-state index contributed by atoms with van der Waals surface area (Å²) in [6.45, 7) is 0.482. The minimum absolute atomic E-state index is 0.0890. The SMILES string of the molecule is CN(C)C1CC2CN(S(=O)(=O)c3ccc4cc(Cl)ccc4c3)CC(C1)N2C(=O)c1ccc(-c2cc[n+]([O-])cc2)cc1. The van der Waals surface area contributed by atoms with E-state index in [2.05, 4.69) is 4.90 Å². The van der Waals surface area contributed by atoms with Gasteiger partial charge in [0.1, 0.15) is 0 Å². The molecule has 4 aromatic rings. The molecule has 3 aromatic carbocycles. The normalized spacial score (nSPS) is 21.4. The number of nitrogens with zero attached hydrogens (tertiary/aromatic N) is 4. The van der Waals surface area contributed by atoms with Gasteiger partial charge in [-0.15, -0.1) is 0 Å². The molecule has 6 rings (SSSR count). The highest BCUT2D eigenvalue weighted by Gasteiger charge is 2.47. The van der Waals surface area contributed by atoms with Crippen molar-refractivity contribution in [1.82, 2.24) is 14.1 Å². The number of aromatic nitrogens is 1. The van der Waals surface area contributed by atoms with Crippen molar-refractivity contribution in [2.75, 3.05) is 27.2 Å². The molecule has 2 unspecified atom stereocenters. The Balaban J connectivity index is 1.27. The second kappa shape index (κ2) is 10.7. The van der Waals surface area contributed by atoms with Crippen molar-refractivity contribution in [3.8, 4) is 11.1 Å². The second-order valence-electron chi connectivity index (χ2n) is 11.1. The van der Waals surface area contributed by atoms with E-state index in [0.29, 0.717) is 23.4 Å². The number of rotatable bonds is 5. The third-order valence-corrected chi connectivity index (χ3v) is 10.4. The third-order valence-electron chi connectivity index (χ3n) is 8.35. The van der Waals surface area contributed by atoms with Crippen LogP contribution in [0.1, 0.15) is 23.2 Å². The molecule has 0 spiro atoms. The minimum atomic E-state index is -3.77. The first-order valence-electron chi connectivity index (χ1n) is 13.6. The highest BCUT2D eigenvalue weighted by atomic mass is 35.5. The van der Waals surface area contributed by atoms with E-state index in [0.717, 1.165) is 26.6 Å². The number of carbonyl (C=O) groups excluding carboxylic acids is 1. The van der Waals surface area contributed by atoms with E-state index in [1.807, 2.05) is 43.3 Å². The van der Waals surface area contributed by atoms with Crippen LogP contribution in [-0.4, -0.2) is 73.7 Å². The maximum atomic E-state index is 13.9. The molecule has 3 heterocycles. The molecule has 10 heteroatoms. The summed E-state index contributed by atoms with van der Waals surface area (Å²) >= 11 is 6.11. The van der Waals surface area contributed by atoms with Gasteiger partial charge < -0.3 is 15.0 Å². The molecule has 2 saturated heterocycles. The molecule has 2 bridgehead atoms. The summed E-state index contributed by atoms with van der Waals surface area (Å²) in [6.07, 6.45) is 4.26. The number of piperazine rings is 1. The predicted molar refractivity (Wildman–Crippen MR) is 159 cm³/mol. The number of fused-ring (bicyclic) bond motifs is 3. The van der Waals surface area contributed by atoms with Gasteiger partial charge in [0.25, 0.3) is 5.91 Å². The van der Waals surface area contributed by atoms with Gasteiger partial charge in [-0.25, -0.2) is 8.42 Å². The molecule has 1 amide bonds. The van der Waals surface area contributed by atoms with Gasteiger partial charge in [0.05, 0.1) is 4.90 Å². The van der Waals surface area contributed by atoms with Crippen LogP contribution in [-0.2, 0) is 10.0 Å². The third kappa shape index (κ3) is 5.30. The van der Waals surface area contributed by atoms with Crippen LogP contribution < -0.4 is 4.73 Å². The van der Waals surface area contributed by atoms with Crippen LogP contribution in [0, 0.1) is 5.21 Å². The molecule has 212 valence electrons. The minimum Gasteiger partial charge on any atom is -0.619 e. The summed E-state index contributed by atoms with van der Waals surface area (Å²) in [4.78, 5) is 18.2. The Hall–Kier alpha value is -3.50. The molecule has 1 aromatic heterocycles. The van der Waals surface area contributed by atoms with Gasteiger partial charge >= 0.3 is 0 Å². The van der Waals surface area contributed by atoms with Gasteiger partial charge in [-0.2, -0.15) is 9.04 Å². The smallest absolute Gasteiger partial charge is 0.254 e. The van der Waals surface area contributed by atoms with Crippen LogP contribution >= 0.6 is 11.6 Å². The molecule has 0 saturated carbocycles. The number of sulfonamides is 1. The van der Waals surface area contributed by atoms with Gasteiger partial charge in [0.15, 0.2) is 12.4 Å². The number of hydrogen-bond acceptors (Lipinski definition) is 5. The Morgan fingerprint density at radius 3 is 2.10 bits per heavy atom. The van der Waals surface area contributed by atoms with Gasteiger partial charge in [0.2, 0.25) is 10.0 Å². The van der Waals surface area contributed by atoms with Crippen LogP contribution in [0.15, 0.2) is 90.1 Å². The molecular weight excluding hydrogens is 560 g/mol. The lowest BCUT2D eigenvalue weighted by molar-refractivity contribution is -0.605. The van der Waals surface area contributed by atoms with Crippen molar-refractivity contribution in [3.05, 3.63) is 101 Å². The van der Waals surface area contributed by atoms with Gasteiger partial charge in [-0.05, 0) is 85.2 Å². The summed E-state index contributed by atoms with van der Waals surface area (Å²) in [5, 5.41) is 13.7. The molecule has 0 radical (unpaired) electrons. The average molecular weight is 591 g/mol. The van der Waals surface area contributed by atoms with Crippen molar-refractivity contribution in [2.24, 2.45) is 0 Å². The van der Waals surface area contributed by atoms with E-state index >= 15 is 0 Å². The fraction of sp³-hybridized carbons (Fsp3) is 0.290. The summed E-state index contributed by atoms with van der Waals surface area (Å²) in [5.74, 6) is -0.0890. The van der Waals surface area contributed by atoms with Crippen molar-refractivity contribution in [3.63, 3.8) is 0 Å². The Morgan fingerprint density at radius 1 is 0.878 bits per heavy atom. The zero-order valence-corrected chi connectivity index (χ0v) is 24.4. The number of halogens is 1. The lowest BCUT2D eigenvalue weighted by Gasteiger charge is -2.52. The zero-order chi connectivity index (χ0) is 28.9. The topological polar surface area (TPSA) is 87.9 Å². The van der Waals surface area contributed by atoms with E-state index in [9.17, 15) is 18.4 Å². The van der Waals surface area contributed by atoms with Gasteiger partial charge in [-0.3, -0.25) is 4.79 Å². The quantitative estimate of drug-likeness (QED) is 0.254. The highest BCUT2D eigenvalue weighted by molar-refractivity contribution is 7.89. The lowest BCUT2D eigenvalue weighted by Crippen LogP contribution is -2.66. The van der Waals surface area contributed by atoms with Gasteiger partial charge in [-0.1, -0.05) is 35.9 Å². The molecule has 2 aliphatic rings. The van der Waals surface area contributed by atoms with Crippen molar-refractivity contribution in [1.29, 1.82) is 0 Å². The lowest BCUT2D eigenvalue weighted by atomic mass is 9.87. The fourth-order valence-electron chi connectivity index (χ4n) is 6.13. The molecular formula is C31H31ClN4O4S. The average Bonchev–Trinajstić information content (AvgIpc) is 2.96. The first-order chi connectivity index (χ1) is 19.6. The highest BCUT2D eigenvalue weighted by Crippen LogP contribution is 2.35. The predicted octanol–water partition coefficient (Wildman–Crippen LogP) is 4.40. The molecule has 2 fully saturated rings. The summed E-state index contributed by atoms with van der Waals surface area (Å²) in [5.41, 5.74) is 2.35. The first kappa shape index (κ1) is 27.7. The Morgan fingerprint density at radius 2 is 1.46 bits per heavy atom. The van der Waals surface area contributed by atoms with Crippen LogP contribution in [0.5, 0.6) is 0 Å². The second-order valence-corrected chi connectivity index (χ2v) is 13.5. The summed E-state index contributed by atoms with van der Waals surface area (Å²) in [6, 6.07) is 21.1. The standard InChI is InChI=1S/C31H31ClN4O4S/c1-33(2)27-17-28-19-35(41(39,40)30-10-8-24-15-26(32)9-7-25(24)16-30)20-29(18-27)36(28)31(37)23-5-3-21(4-6-23)22-11-13-34(38)14-12-22/h3-16,27-29H,17-20H2,1-2H3. The number of piperidine rings is 1. The molecule has 2 aliphatic heterocycles. The van der Waals surface area contributed by atoms with Gasteiger partial charge in [0, 0.05) is 53.9 Å². The Kier molecular flexibility index (Phi) is 7.23. The number of amides is 1. The van der Waals surface area contributed by atoms with Crippen LogP contribution in [0.25, 0.3) is 21.9 Å². The molecule has 0 N–H and O–H groups in total. The maximum absolute atomic E-state index is 13.9. The molecule has 0 aliphatic carbocycles. The van der Waals surface area contributed by atoms with Crippen LogP contribution in [0.2, 0.25) is 5.02 Å². The number of carbonyl (C=O) groups is 1. The van der Waals surface area contributed by atoms with E-state index in [1.165, 1.54) is 12.4 Å². The first-order valence-corrected chi connectivity index (χ1v) is 15.4. The number of pyridine rings is 1. The Labute approximate surface area is 245 Å². The molecule has 8 nitrogen and oxygen atoms in total. The fourth-order valence-corrected chi connectivity index (χ4v) is 7.86. The van der Waals surface area contributed by atoms with Crippen LogP contribution in [0.4, 0.5) is 0 Å². The maximum Gasteiger partial charge on any atom is 0.254 e. The number of benzene rings is 3. The zero-order valence-electron chi connectivity index (χ0n) is 22.9. The van der Waals surface area contributed by atoms with Crippen LogP contribution in [0.3, 0.4) is 0 Å². The van der Waals surface area contributed by atoms with Crippen molar-refractivity contribution < 1.29 is 17.9 Å². The number of hydrogen-bond donors (Lipinski definition) is 0. The summed E-state index contributed by atoms with van der Waals surface area (Å²) < 4.78 is 30.0. The van der Waals surface area contributed by atoms with Crippen molar-refractivity contribution in [2.45, 2.75) is 35.9 Å². The monoisotopic (exact) mass is 590 g/mol. The van der Waals surface area contributed by atoms with E-state index < -0.39 is 10.0 Å². The summed E-state index contributed by atoms with van der Waals surface area (Å²) in [7, 11) is 0.292. The molecule has 2 atom stereocenters. The largest absolute Gasteiger partial charge is 0.619 e. The van der Waals surface area contributed by atoms with E-state index in [1.54, 1.807) is 52.8 Å².